The minimum atomic E-state index is -0.354. The summed E-state index contributed by atoms with van der Waals surface area (Å²) in [4.78, 5) is 10.2. The lowest BCUT2D eigenvalue weighted by molar-refractivity contribution is -0.419. The molecule has 1 aliphatic rings. The molecule has 0 aliphatic heterocycles. The first-order valence-corrected chi connectivity index (χ1v) is 6.16. The summed E-state index contributed by atoms with van der Waals surface area (Å²) in [5, 5.41) is 13.8. The van der Waals surface area contributed by atoms with Crippen LogP contribution in [-0.2, 0) is 0 Å². The molecule has 4 heteroatoms. The summed E-state index contributed by atoms with van der Waals surface area (Å²) >= 11 is 0. The number of nitro groups is 1. The van der Waals surface area contributed by atoms with E-state index in [2.05, 4.69) is 12.2 Å². The molecule has 0 saturated heterocycles. The van der Waals surface area contributed by atoms with Crippen molar-refractivity contribution in [3.8, 4) is 0 Å². The van der Waals surface area contributed by atoms with Gasteiger partial charge in [-0.3, -0.25) is 10.1 Å². The van der Waals surface area contributed by atoms with Crippen LogP contribution in [-0.4, -0.2) is 18.0 Å². The van der Waals surface area contributed by atoms with Crippen molar-refractivity contribution in [1.29, 1.82) is 0 Å². The van der Waals surface area contributed by atoms with Crippen LogP contribution in [0.3, 0.4) is 0 Å². The summed E-state index contributed by atoms with van der Waals surface area (Å²) in [6.45, 7) is 7.86. The van der Waals surface area contributed by atoms with Gasteiger partial charge in [-0.1, -0.05) is 32.9 Å². The first-order chi connectivity index (χ1) is 8.24. The van der Waals surface area contributed by atoms with Crippen LogP contribution < -0.4 is 5.32 Å². The van der Waals surface area contributed by atoms with Crippen molar-refractivity contribution in [2.75, 3.05) is 13.1 Å². The lowest BCUT2D eigenvalue weighted by atomic mass is 10.2. The maximum absolute atomic E-state index is 10.5. The molecule has 0 saturated carbocycles. The van der Waals surface area contributed by atoms with Gasteiger partial charge in [0.1, 0.15) is 0 Å². The van der Waals surface area contributed by atoms with Crippen LogP contribution in [0.25, 0.3) is 0 Å². The highest BCUT2D eigenvalue weighted by Gasteiger charge is 2.07. The minimum absolute atomic E-state index is 0.178. The molecule has 17 heavy (non-hydrogen) atoms. The fourth-order valence-corrected chi connectivity index (χ4v) is 1.34. The maximum Gasteiger partial charge on any atom is 0.265 e. The van der Waals surface area contributed by atoms with E-state index in [0.29, 0.717) is 6.42 Å². The molecule has 0 atom stereocenters. The van der Waals surface area contributed by atoms with E-state index < -0.39 is 0 Å². The highest BCUT2D eigenvalue weighted by atomic mass is 16.6. The zero-order valence-corrected chi connectivity index (χ0v) is 10.9. The van der Waals surface area contributed by atoms with Crippen LogP contribution in [0.15, 0.2) is 35.6 Å². The van der Waals surface area contributed by atoms with Crippen LogP contribution in [0.5, 0.6) is 0 Å². The molecular formula is C13H22N2O2. The molecule has 0 aromatic rings. The molecule has 0 unspecified atom stereocenters. The first-order valence-electron chi connectivity index (χ1n) is 6.16. The van der Waals surface area contributed by atoms with E-state index in [1.165, 1.54) is 0 Å². The molecule has 0 heterocycles. The van der Waals surface area contributed by atoms with Gasteiger partial charge < -0.3 is 5.32 Å². The van der Waals surface area contributed by atoms with Gasteiger partial charge in [0.25, 0.3) is 5.70 Å². The fraction of sp³-hybridized carbons (Fsp3) is 0.538. The molecule has 4 nitrogen and oxygen atoms in total. The Morgan fingerprint density at radius 3 is 2.65 bits per heavy atom. The topological polar surface area (TPSA) is 55.2 Å². The summed E-state index contributed by atoms with van der Waals surface area (Å²) in [5.41, 5.74) is 1.29. The quantitative estimate of drug-likeness (QED) is 0.455. The maximum atomic E-state index is 10.5. The third-order valence-corrected chi connectivity index (χ3v) is 2.14. The monoisotopic (exact) mass is 238 g/mol. The Hall–Kier alpha value is -1.42. The molecule has 0 fully saturated rings. The van der Waals surface area contributed by atoms with Crippen molar-refractivity contribution in [3.63, 3.8) is 0 Å². The SMILES string of the molecule is CC.CCCNCC1=CCC=C([N+](=O)[O-])C=C1. The number of nitrogens with zero attached hydrogens (tertiary/aromatic N) is 1. The Kier molecular flexibility index (Phi) is 8.96. The molecule has 96 valence electrons. The molecule has 0 amide bonds. The van der Waals surface area contributed by atoms with Crippen molar-refractivity contribution >= 4 is 0 Å². The molecule has 1 aliphatic carbocycles. The average molecular weight is 238 g/mol. The molecule has 0 bridgehead atoms. The first kappa shape index (κ1) is 15.6. The van der Waals surface area contributed by atoms with Gasteiger partial charge in [-0.2, -0.15) is 0 Å². The van der Waals surface area contributed by atoms with Gasteiger partial charge in [-0.05, 0) is 31.0 Å². The molecule has 0 spiro atoms. The molecular weight excluding hydrogens is 216 g/mol. The molecule has 0 radical (unpaired) electrons. The number of allylic oxidation sites excluding steroid dienone is 3. The lowest BCUT2D eigenvalue weighted by Gasteiger charge is -2.02. The highest BCUT2D eigenvalue weighted by Crippen LogP contribution is 2.10. The standard InChI is InChI=1S/C11H16N2O2.C2H6/c1-2-8-12-9-10-4-3-5-11(7-6-10)13(14)15;1-2/h4-7,12H,2-3,8-9H2,1H3;1-2H3. The van der Waals surface area contributed by atoms with Crippen molar-refractivity contribution in [2.24, 2.45) is 0 Å². The van der Waals surface area contributed by atoms with Gasteiger partial charge in [0.2, 0.25) is 0 Å². The zero-order chi connectivity index (χ0) is 13.1. The summed E-state index contributed by atoms with van der Waals surface area (Å²) in [6.07, 6.45) is 8.73. The molecule has 0 aromatic carbocycles. The van der Waals surface area contributed by atoms with E-state index in [9.17, 15) is 10.1 Å². The second-order valence-electron chi connectivity index (χ2n) is 3.41. The number of nitrogens with one attached hydrogen (secondary N) is 1. The van der Waals surface area contributed by atoms with Gasteiger partial charge in [-0.25, -0.2) is 0 Å². The normalized spacial score (nSPS) is 14.1. The Labute approximate surface area is 103 Å². The zero-order valence-electron chi connectivity index (χ0n) is 10.9. The Morgan fingerprint density at radius 1 is 1.35 bits per heavy atom. The van der Waals surface area contributed by atoms with Gasteiger partial charge in [0.05, 0.1) is 4.92 Å². The van der Waals surface area contributed by atoms with E-state index in [-0.39, 0.29) is 10.6 Å². The Bertz CT molecular complexity index is 317. The third-order valence-electron chi connectivity index (χ3n) is 2.14. The van der Waals surface area contributed by atoms with Crippen molar-refractivity contribution in [1.82, 2.24) is 5.32 Å². The molecule has 1 N–H and O–H groups in total. The van der Waals surface area contributed by atoms with Crippen LogP contribution in [0.1, 0.15) is 33.6 Å². The van der Waals surface area contributed by atoms with Gasteiger partial charge >= 0.3 is 0 Å². The second kappa shape index (κ2) is 9.78. The van der Waals surface area contributed by atoms with E-state index in [4.69, 9.17) is 0 Å². The largest absolute Gasteiger partial charge is 0.313 e. The molecule has 1 rings (SSSR count). The Morgan fingerprint density at radius 2 is 2.06 bits per heavy atom. The fourth-order valence-electron chi connectivity index (χ4n) is 1.34. The summed E-state index contributed by atoms with van der Waals surface area (Å²) in [5.74, 6) is 0. The number of rotatable bonds is 5. The van der Waals surface area contributed by atoms with Gasteiger partial charge in [0, 0.05) is 12.6 Å². The van der Waals surface area contributed by atoms with Gasteiger partial charge in [0.15, 0.2) is 0 Å². The van der Waals surface area contributed by atoms with E-state index in [1.54, 1.807) is 12.2 Å². The number of hydrogen-bond donors (Lipinski definition) is 1. The number of hydrogen-bond acceptors (Lipinski definition) is 3. The van der Waals surface area contributed by atoms with Crippen LogP contribution in [0, 0.1) is 10.1 Å². The van der Waals surface area contributed by atoms with E-state index >= 15 is 0 Å². The average Bonchev–Trinajstić information content (AvgIpc) is 2.58. The highest BCUT2D eigenvalue weighted by molar-refractivity contribution is 5.29. The predicted octanol–water partition coefficient (Wildman–Crippen LogP) is 3.06. The predicted molar refractivity (Wildman–Crippen MR) is 71.4 cm³/mol. The van der Waals surface area contributed by atoms with Crippen molar-refractivity contribution in [3.05, 3.63) is 45.7 Å². The summed E-state index contributed by atoms with van der Waals surface area (Å²) in [7, 11) is 0. The van der Waals surface area contributed by atoms with Crippen molar-refractivity contribution < 1.29 is 4.92 Å². The summed E-state index contributed by atoms with van der Waals surface area (Å²) < 4.78 is 0. The minimum Gasteiger partial charge on any atom is -0.313 e. The second-order valence-corrected chi connectivity index (χ2v) is 3.41. The van der Waals surface area contributed by atoms with E-state index in [1.807, 2.05) is 26.0 Å². The van der Waals surface area contributed by atoms with Crippen molar-refractivity contribution in [2.45, 2.75) is 33.6 Å². The summed E-state index contributed by atoms with van der Waals surface area (Å²) in [6, 6.07) is 0. The Balaban J connectivity index is 0.00000121. The smallest absolute Gasteiger partial charge is 0.265 e. The molecule has 0 aromatic heterocycles. The van der Waals surface area contributed by atoms with Crippen LogP contribution in [0.2, 0.25) is 0 Å². The van der Waals surface area contributed by atoms with Gasteiger partial charge in [-0.15, -0.1) is 0 Å². The van der Waals surface area contributed by atoms with Crippen LogP contribution in [0.4, 0.5) is 0 Å². The lowest BCUT2D eigenvalue weighted by Crippen LogP contribution is -2.17. The van der Waals surface area contributed by atoms with Crippen LogP contribution >= 0.6 is 0 Å². The third kappa shape index (κ3) is 6.68. The van der Waals surface area contributed by atoms with E-state index in [0.717, 1.165) is 25.1 Å².